The maximum atomic E-state index is 11.7. The second kappa shape index (κ2) is 5.88. The van der Waals surface area contributed by atoms with Crippen LogP contribution >= 0.6 is 27.3 Å². The summed E-state index contributed by atoms with van der Waals surface area (Å²) in [5.41, 5.74) is -0.135. The monoisotopic (exact) mass is 357 g/mol. The lowest BCUT2D eigenvalue weighted by Gasteiger charge is -2.08. The number of halogens is 1. The number of carboxylic acid groups (broad SMARTS) is 1. The molecule has 0 spiro atoms. The van der Waals surface area contributed by atoms with Crippen molar-refractivity contribution < 1.29 is 19.8 Å². The van der Waals surface area contributed by atoms with Crippen LogP contribution in [0.3, 0.4) is 0 Å². The molecule has 0 aliphatic carbocycles. The van der Waals surface area contributed by atoms with E-state index in [-0.39, 0.29) is 17.0 Å². The minimum atomic E-state index is -1.26. The third kappa shape index (κ3) is 3.45. The zero-order chi connectivity index (χ0) is 14.7. The minimum absolute atomic E-state index is 0.0726. The number of rotatable bonds is 3. The van der Waals surface area contributed by atoms with Gasteiger partial charge in [-0.3, -0.25) is 5.32 Å². The minimum Gasteiger partial charge on any atom is -0.508 e. The molecule has 9 heteroatoms. The molecule has 1 aromatic heterocycles. The summed E-state index contributed by atoms with van der Waals surface area (Å²) in [6, 6.07) is 3.01. The number of aromatic hydroxyl groups is 1. The van der Waals surface area contributed by atoms with E-state index in [4.69, 9.17) is 5.11 Å². The highest BCUT2D eigenvalue weighted by atomic mass is 79.9. The Kier molecular flexibility index (Phi) is 4.20. The molecule has 2 aromatic rings. The Morgan fingerprint density at radius 1 is 1.30 bits per heavy atom. The Morgan fingerprint density at radius 3 is 2.65 bits per heavy atom. The molecule has 20 heavy (non-hydrogen) atoms. The number of thiazole rings is 1. The van der Waals surface area contributed by atoms with E-state index in [9.17, 15) is 14.7 Å². The average molecular weight is 358 g/mol. The number of nitrogens with one attached hydrogen (secondary N) is 2. The van der Waals surface area contributed by atoms with Crippen molar-refractivity contribution in [3.05, 3.63) is 33.7 Å². The predicted molar refractivity (Wildman–Crippen MR) is 77.5 cm³/mol. The summed E-state index contributed by atoms with van der Waals surface area (Å²) in [6.07, 6.45) is 1.53. The Morgan fingerprint density at radius 2 is 2.05 bits per heavy atom. The number of anilines is 2. The van der Waals surface area contributed by atoms with Gasteiger partial charge in [0, 0.05) is 0 Å². The van der Waals surface area contributed by atoms with Crippen LogP contribution in [-0.4, -0.2) is 27.2 Å². The van der Waals surface area contributed by atoms with Crippen LogP contribution in [0, 0.1) is 0 Å². The highest BCUT2D eigenvalue weighted by Gasteiger charge is 2.14. The van der Waals surface area contributed by atoms with Gasteiger partial charge in [-0.25, -0.2) is 14.6 Å². The molecule has 2 amide bonds. The number of phenolic OH excluding ortho intramolecular Hbond substituents is 1. The number of amides is 2. The number of aromatic nitrogens is 1. The van der Waals surface area contributed by atoms with Crippen molar-refractivity contribution >= 4 is 50.1 Å². The van der Waals surface area contributed by atoms with Gasteiger partial charge in [-0.05, 0) is 34.1 Å². The highest BCUT2D eigenvalue weighted by molar-refractivity contribution is 9.11. The van der Waals surface area contributed by atoms with Crippen LogP contribution in [0.15, 0.2) is 28.2 Å². The lowest BCUT2D eigenvalue weighted by Crippen LogP contribution is -2.20. The first kappa shape index (κ1) is 14.3. The van der Waals surface area contributed by atoms with Crippen molar-refractivity contribution in [3.63, 3.8) is 0 Å². The zero-order valence-electron chi connectivity index (χ0n) is 9.75. The van der Waals surface area contributed by atoms with Crippen molar-refractivity contribution in [2.24, 2.45) is 0 Å². The molecule has 4 N–H and O–H groups in total. The average Bonchev–Trinajstić information content (AvgIpc) is 2.76. The van der Waals surface area contributed by atoms with Crippen LogP contribution in [-0.2, 0) is 0 Å². The molecule has 2 rings (SSSR count). The summed E-state index contributed by atoms with van der Waals surface area (Å²) in [5.74, 6) is -1.45. The quantitative estimate of drug-likeness (QED) is 0.631. The predicted octanol–water partition coefficient (Wildman–Crippen LogP) is 2.95. The summed E-state index contributed by atoms with van der Waals surface area (Å²) in [4.78, 5) is 26.7. The smallest absolute Gasteiger partial charge is 0.337 e. The number of urea groups is 1. The number of hydrogen-bond donors (Lipinski definition) is 4. The Hall–Kier alpha value is -2.13. The number of carbonyl (C=O) groups is 2. The molecule has 0 radical (unpaired) electrons. The number of nitrogens with zero attached hydrogens (tertiary/aromatic N) is 1. The molecule has 0 unspecified atom stereocenters. The normalized spacial score (nSPS) is 10.1. The highest BCUT2D eigenvalue weighted by Crippen LogP contribution is 2.24. The van der Waals surface area contributed by atoms with Crippen LogP contribution in [0.4, 0.5) is 15.6 Å². The second-order valence-electron chi connectivity index (χ2n) is 3.58. The number of phenols is 1. The molecule has 0 fully saturated rings. The first-order valence-corrected chi connectivity index (χ1v) is 6.82. The van der Waals surface area contributed by atoms with Gasteiger partial charge in [-0.1, -0.05) is 11.3 Å². The van der Waals surface area contributed by atoms with Gasteiger partial charge in [-0.2, -0.15) is 0 Å². The van der Waals surface area contributed by atoms with E-state index in [1.165, 1.54) is 29.7 Å². The third-order valence-electron chi connectivity index (χ3n) is 2.18. The van der Waals surface area contributed by atoms with Crippen LogP contribution < -0.4 is 10.6 Å². The van der Waals surface area contributed by atoms with Gasteiger partial charge in [0.05, 0.1) is 21.2 Å². The van der Waals surface area contributed by atoms with Gasteiger partial charge in [0.15, 0.2) is 5.13 Å². The number of benzene rings is 1. The maximum Gasteiger partial charge on any atom is 0.337 e. The van der Waals surface area contributed by atoms with Crippen LogP contribution in [0.1, 0.15) is 10.4 Å². The molecule has 1 heterocycles. The SMILES string of the molecule is O=C(Nc1ncc(Br)s1)Nc1ccc(O)cc1C(=O)O. The fourth-order valence-corrected chi connectivity index (χ4v) is 2.48. The lowest BCUT2D eigenvalue weighted by molar-refractivity contribution is 0.0697. The van der Waals surface area contributed by atoms with Gasteiger partial charge in [0.2, 0.25) is 0 Å². The maximum absolute atomic E-state index is 11.7. The molecule has 0 saturated carbocycles. The van der Waals surface area contributed by atoms with Crippen LogP contribution in [0.25, 0.3) is 0 Å². The largest absolute Gasteiger partial charge is 0.508 e. The first-order chi connectivity index (χ1) is 9.45. The zero-order valence-corrected chi connectivity index (χ0v) is 12.2. The van der Waals surface area contributed by atoms with E-state index in [1.807, 2.05) is 0 Å². The standard InChI is InChI=1S/C11H8BrN3O4S/c12-8-4-13-11(20-8)15-10(19)14-7-2-1-5(16)3-6(7)9(17)18/h1-4,16H,(H,17,18)(H2,13,14,15,19). The van der Waals surface area contributed by atoms with Gasteiger partial charge in [-0.15, -0.1) is 0 Å². The van der Waals surface area contributed by atoms with Gasteiger partial charge < -0.3 is 15.5 Å². The molecule has 0 atom stereocenters. The Balaban J connectivity index is 2.13. The molecule has 0 bridgehead atoms. The van der Waals surface area contributed by atoms with E-state index < -0.39 is 12.0 Å². The van der Waals surface area contributed by atoms with Crippen molar-refractivity contribution in [3.8, 4) is 5.75 Å². The van der Waals surface area contributed by atoms with Crippen molar-refractivity contribution in [2.45, 2.75) is 0 Å². The molecule has 7 nitrogen and oxygen atoms in total. The fourth-order valence-electron chi connectivity index (χ4n) is 1.38. The topological polar surface area (TPSA) is 112 Å². The molecule has 1 aromatic carbocycles. The third-order valence-corrected chi connectivity index (χ3v) is 3.57. The Labute approximate surface area is 125 Å². The number of carbonyl (C=O) groups excluding carboxylic acids is 1. The van der Waals surface area contributed by atoms with Crippen LogP contribution in [0.5, 0.6) is 5.75 Å². The van der Waals surface area contributed by atoms with Gasteiger partial charge in [0.25, 0.3) is 0 Å². The van der Waals surface area contributed by atoms with E-state index in [0.29, 0.717) is 5.13 Å². The van der Waals surface area contributed by atoms with E-state index in [0.717, 1.165) is 9.85 Å². The molecule has 104 valence electrons. The molecular formula is C11H8BrN3O4S. The Bertz CT molecular complexity index is 673. The number of hydrogen-bond acceptors (Lipinski definition) is 5. The first-order valence-electron chi connectivity index (χ1n) is 5.21. The van der Waals surface area contributed by atoms with E-state index >= 15 is 0 Å². The molecule has 0 saturated heterocycles. The summed E-state index contributed by atoms with van der Waals surface area (Å²) < 4.78 is 0.753. The molecular weight excluding hydrogens is 350 g/mol. The number of carboxylic acids is 1. The van der Waals surface area contributed by atoms with Gasteiger partial charge in [0.1, 0.15) is 5.75 Å². The molecule has 0 aliphatic heterocycles. The van der Waals surface area contributed by atoms with Gasteiger partial charge >= 0.3 is 12.0 Å². The fraction of sp³-hybridized carbons (Fsp3) is 0. The van der Waals surface area contributed by atoms with Crippen molar-refractivity contribution in [1.82, 2.24) is 4.98 Å². The second-order valence-corrected chi connectivity index (χ2v) is 5.99. The van der Waals surface area contributed by atoms with Crippen molar-refractivity contribution in [1.29, 1.82) is 0 Å². The summed E-state index contributed by atoms with van der Waals surface area (Å²) in [7, 11) is 0. The van der Waals surface area contributed by atoms with Crippen molar-refractivity contribution in [2.75, 3.05) is 10.6 Å². The summed E-state index contributed by atoms with van der Waals surface area (Å²) in [6.45, 7) is 0. The lowest BCUT2D eigenvalue weighted by atomic mass is 10.1. The van der Waals surface area contributed by atoms with E-state index in [2.05, 4.69) is 31.5 Å². The molecule has 0 aliphatic rings. The van der Waals surface area contributed by atoms with Crippen LogP contribution in [0.2, 0.25) is 0 Å². The summed E-state index contributed by atoms with van der Waals surface area (Å²) >= 11 is 4.42. The van der Waals surface area contributed by atoms with E-state index in [1.54, 1.807) is 0 Å². The summed E-state index contributed by atoms with van der Waals surface area (Å²) in [5, 5.41) is 23.5. The number of aromatic carboxylic acids is 1.